The van der Waals surface area contributed by atoms with Crippen molar-refractivity contribution in [2.24, 2.45) is 15.9 Å². The van der Waals surface area contributed by atoms with Gasteiger partial charge < -0.3 is 0 Å². The van der Waals surface area contributed by atoms with E-state index in [0.717, 1.165) is 5.71 Å². The highest BCUT2D eigenvalue weighted by atomic mass is 15.5. The van der Waals surface area contributed by atoms with E-state index in [0.29, 0.717) is 5.96 Å². The van der Waals surface area contributed by atoms with E-state index in [1.54, 1.807) is 0 Å². The maximum absolute atomic E-state index is 5.16. The number of hydrazone groups is 1. The maximum atomic E-state index is 5.16. The van der Waals surface area contributed by atoms with Gasteiger partial charge in [-0.3, -0.25) is 5.43 Å². The summed E-state index contributed by atoms with van der Waals surface area (Å²) in [5.41, 5.74) is 5.77. The SMILES string of the molecule is CC1=NNC(NN)=NC1(C)C. The Labute approximate surface area is 65.7 Å². The first kappa shape index (κ1) is 8.00. The zero-order chi connectivity index (χ0) is 8.48. The third-order valence-corrected chi connectivity index (χ3v) is 1.74. The minimum Gasteiger partial charge on any atom is -0.293 e. The lowest BCUT2D eigenvalue weighted by Gasteiger charge is -2.25. The fraction of sp³-hybridized carbons (Fsp3) is 0.667. The molecule has 5 nitrogen and oxygen atoms in total. The second-order valence-electron chi connectivity index (χ2n) is 2.97. The quantitative estimate of drug-likeness (QED) is 0.328. The average molecular weight is 155 g/mol. The topological polar surface area (TPSA) is 74.8 Å². The number of nitrogens with two attached hydrogens (primary N) is 1. The van der Waals surface area contributed by atoms with E-state index >= 15 is 0 Å². The number of hydrogen-bond donors (Lipinski definition) is 3. The van der Waals surface area contributed by atoms with Gasteiger partial charge in [0, 0.05) is 0 Å². The Bertz CT molecular complexity index is 215. The molecule has 0 atom stereocenters. The number of hydrazine groups is 1. The highest BCUT2D eigenvalue weighted by molar-refractivity contribution is 5.96. The molecule has 0 radical (unpaired) electrons. The summed E-state index contributed by atoms with van der Waals surface area (Å²) in [6.07, 6.45) is 0. The Kier molecular flexibility index (Phi) is 1.82. The molecule has 1 aliphatic rings. The molecule has 0 aromatic heterocycles. The van der Waals surface area contributed by atoms with Crippen LogP contribution < -0.4 is 16.7 Å². The van der Waals surface area contributed by atoms with Crippen LogP contribution in [0, 0.1) is 0 Å². The zero-order valence-corrected chi connectivity index (χ0v) is 6.97. The van der Waals surface area contributed by atoms with Gasteiger partial charge in [0.2, 0.25) is 5.96 Å². The van der Waals surface area contributed by atoms with Crippen molar-refractivity contribution < 1.29 is 0 Å². The van der Waals surface area contributed by atoms with E-state index in [1.165, 1.54) is 0 Å². The van der Waals surface area contributed by atoms with Crippen molar-refractivity contribution in [3.05, 3.63) is 0 Å². The van der Waals surface area contributed by atoms with Crippen LogP contribution in [-0.2, 0) is 0 Å². The third-order valence-electron chi connectivity index (χ3n) is 1.74. The number of rotatable bonds is 0. The van der Waals surface area contributed by atoms with Crippen LogP contribution in [0.3, 0.4) is 0 Å². The number of hydrogen-bond acceptors (Lipinski definition) is 5. The molecule has 1 aliphatic heterocycles. The number of aliphatic imine (C=N–C) groups is 1. The van der Waals surface area contributed by atoms with Crippen molar-refractivity contribution in [2.45, 2.75) is 26.3 Å². The summed E-state index contributed by atoms with van der Waals surface area (Å²) in [5, 5.41) is 4.03. The monoisotopic (exact) mass is 155 g/mol. The van der Waals surface area contributed by atoms with Gasteiger partial charge in [-0.25, -0.2) is 16.3 Å². The number of nitrogens with zero attached hydrogens (tertiary/aromatic N) is 2. The summed E-state index contributed by atoms with van der Waals surface area (Å²) < 4.78 is 0. The minimum absolute atomic E-state index is 0.257. The van der Waals surface area contributed by atoms with E-state index in [2.05, 4.69) is 20.9 Å². The summed E-state index contributed by atoms with van der Waals surface area (Å²) in [7, 11) is 0. The van der Waals surface area contributed by atoms with E-state index < -0.39 is 0 Å². The molecule has 5 heteroatoms. The molecule has 0 saturated carbocycles. The van der Waals surface area contributed by atoms with E-state index in [9.17, 15) is 0 Å². The largest absolute Gasteiger partial charge is 0.293 e. The van der Waals surface area contributed by atoms with Gasteiger partial charge in [-0.05, 0) is 20.8 Å². The van der Waals surface area contributed by atoms with Crippen molar-refractivity contribution >= 4 is 11.7 Å². The summed E-state index contributed by atoms with van der Waals surface area (Å²) in [6, 6.07) is 0. The normalized spacial score (nSPS) is 21.5. The molecular formula is C6H13N5. The Morgan fingerprint density at radius 1 is 1.55 bits per heavy atom. The zero-order valence-electron chi connectivity index (χ0n) is 6.97. The van der Waals surface area contributed by atoms with Crippen LogP contribution in [0.2, 0.25) is 0 Å². The van der Waals surface area contributed by atoms with Gasteiger partial charge in [0.1, 0.15) is 0 Å². The van der Waals surface area contributed by atoms with Crippen LogP contribution in [0.25, 0.3) is 0 Å². The fourth-order valence-corrected chi connectivity index (χ4v) is 0.724. The Morgan fingerprint density at radius 3 is 2.64 bits per heavy atom. The smallest absolute Gasteiger partial charge is 0.227 e. The van der Waals surface area contributed by atoms with E-state index in [1.807, 2.05) is 20.8 Å². The van der Waals surface area contributed by atoms with Crippen LogP contribution in [0.15, 0.2) is 10.1 Å². The molecule has 1 heterocycles. The van der Waals surface area contributed by atoms with Crippen LogP contribution in [0.1, 0.15) is 20.8 Å². The number of nitrogens with one attached hydrogen (secondary N) is 2. The molecule has 62 valence electrons. The molecule has 0 unspecified atom stereocenters. The van der Waals surface area contributed by atoms with E-state index in [4.69, 9.17) is 5.84 Å². The van der Waals surface area contributed by atoms with E-state index in [-0.39, 0.29) is 5.54 Å². The van der Waals surface area contributed by atoms with Gasteiger partial charge in [-0.1, -0.05) is 0 Å². The van der Waals surface area contributed by atoms with Gasteiger partial charge in [0.05, 0.1) is 11.3 Å². The highest BCUT2D eigenvalue weighted by Gasteiger charge is 2.24. The molecule has 0 saturated heterocycles. The lowest BCUT2D eigenvalue weighted by Crippen LogP contribution is -2.47. The molecule has 1 rings (SSSR count). The Morgan fingerprint density at radius 2 is 2.18 bits per heavy atom. The predicted octanol–water partition coefficient (Wildman–Crippen LogP) is -0.437. The van der Waals surface area contributed by atoms with Crippen molar-refractivity contribution in [2.75, 3.05) is 0 Å². The van der Waals surface area contributed by atoms with Gasteiger partial charge in [-0.2, -0.15) is 5.10 Å². The summed E-state index contributed by atoms with van der Waals surface area (Å²) >= 11 is 0. The Balaban J connectivity index is 2.84. The predicted molar refractivity (Wildman–Crippen MR) is 45.1 cm³/mol. The highest BCUT2D eigenvalue weighted by Crippen LogP contribution is 2.13. The van der Waals surface area contributed by atoms with Crippen LogP contribution in [-0.4, -0.2) is 17.2 Å². The Hall–Kier alpha value is -1.10. The van der Waals surface area contributed by atoms with Crippen LogP contribution in [0.4, 0.5) is 0 Å². The molecule has 0 spiro atoms. The van der Waals surface area contributed by atoms with Gasteiger partial charge in [0.25, 0.3) is 0 Å². The van der Waals surface area contributed by atoms with Crippen molar-refractivity contribution in [3.63, 3.8) is 0 Å². The molecule has 0 aliphatic carbocycles. The fourth-order valence-electron chi connectivity index (χ4n) is 0.724. The first-order valence-electron chi connectivity index (χ1n) is 3.43. The summed E-state index contributed by atoms with van der Waals surface area (Å²) in [5.74, 6) is 5.66. The second-order valence-corrected chi connectivity index (χ2v) is 2.97. The average Bonchev–Trinajstić information content (AvgIpc) is 1.95. The molecule has 0 fully saturated rings. The molecule has 0 amide bonds. The summed E-state index contributed by atoms with van der Waals surface area (Å²) in [6.45, 7) is 5.87. The van der Waals surface area contributed by atoms with Crippen molar-refractivity contribution in [3.8, 4) is 0 Å². The van der Waals surface area contributed by atoms with Gasteiger partial charge in [0.15, 0.2) is 0 Å². The standard InChI is InChI=1S/C6H13N5/c1-4-6(2,3)8-5(9-7)11-10-4/h7H2,1-3H3,(H2,8,9,11). The molecule has 11 heavy (non-hydrogen) atoms. The molecular weight excluding hydrogens is 142 g/mol. The van der Waals surface area contributed by atoms with Gasteiger partial charge >= 0.3 is 0 Å². The minimum atomic E-state index is -0.257. The first-order chi connectivity index (χ1) is 5.06. The molecule has 0 aromatic carbocycles. The van der Waals surface area contributed by atoms with Crippen molar-refractivity contribution in [1.82, 2.24) is 10.9 Å². The van der Waals surface area contributed by atoms with Crippen LogP contribution >= 0.6 is 0 Å². The summed E-state index contributed by atoms with van der Waals surface area (Å²) in [4.78, 5) is 4.25. The molecule has 4 N–H and O–H groups in total. The lowest BCUT2D eigenvalue weighted by atomic mass is 10.0. The third kappa shape index (κ3) is 1.48. The van der Waals surface area contributed by atoms with Crippen LogP contribution in [0.5, 0.6) is 0 Å². The molecule has 0 bridgehead atoms. The number of guanidine groups is 1. The van der Waals surface area contributed by atoms with Crippen molar-refractivity contribution in [1.29, 1.82) is 0 Å². The maximum Gasteiger partial charge on any atom is 0.227 e. The van der Waals surface area contributed by atoms with Gasteiger partial charge in [-0.15, -0.1) is 0 Å². The second kappa shape index (κ2) is 2.50. The lowest BCUT2D eigenvalue weighted by molar-refractivity contribution is 0.651. The molecule has 0 aromatic rings. The first-order valence-corrected chi connectivity index (χ1v) is 3.43.